The zero-order valence-corrected chi connectivity index (χ0v) is 11.9. The molecular weight excluding hydrogens is 224 g/mol. The second-order valence-electron chi connectivity index (χ2n) is 7.14. The van der Waals surface area contributed by atoms with E-state index in [0.717, 1.165) is 26.1 Å². The van der Waals surface area contributed by atoms with Gasteiger partial charge in [0.05, 0.1) is 0 Å². The van der Waals surface area contributed by atoms with Gasteiger partial charge in [-0.05, 0) is 44.4 Å². The highest BCUT2D eigenvalue weighted by Crippen LogP contribution is 2.43. The maximum absolute atomic E-state index is 12.8. The molecule has 4 atom stereocenters. The van der Waals surface area contributed by atoms with Gasteiger partial charge in [-0.3, -0.25) is 4.79 Å². The average Bonchev–Trinajstić information content (AvgIpc) is 2.96. The van der Waals surface area contributed by atoms with Crippen LogP contribution in [0.5, 0.6) is 0 Å². The lowest BCUT2D eigenvalue weighted by Gasteiger charge is -2.37. The molecule has 0 aromatic heterocycles. The van der Waals surface area contributed by atoms with E-state index in [9.17, 15) is 4.79 Å². The number of carbonyl (C=O) groups is 1. The van der Waals surface area contributed by atoms with E-state index in [1.165, 1.54) is 12.8 Å². The molecule has 18 heavy (non-hydrogen) atoms. The number of amides is 1. The minimum absolute atomic E-state index is 0.0492. The summed E-state index contributed by atoms with van der Waals surface area (Å²) in [6, 6.07) is 0. The third-order valence-corrected chi connectivity index (χ3v) is 5.80. The van der Waals surface area contributed by atoms with Crippen LogP contribution in [0, 0.1) is 23.7 Å². The lowest BCUT2D eigenvalue weighted by atomic mass is 9.84. The molecule has 0 aromatic rings. The first-order valence-corrected chi connectivity index (χ1v) is 7.54. The van der Waals surface area contributed by atoms with Gasteiger partial charge in [-0.1, -0.05) is 13.3 Å². The number of carbonyl (C=O) groups excluding carboxylic acids is 1. The van der Waals surface area contributed by atoms with Crippen molar-refractivity contribution in [3.05, 3.63) is 0 Å². The van der Waals surface area contributed by atoms with Gasteiger partial charge in [0.2, 0.25) is 5.91 Å². The minimum atomic E-state index is 0.0492. The van der Waals surface area contributed by atoms with E-state index in [-0.39, 0.29) is 5.54 Å². The van der Waals surface area contributed by atoms with Gasteiger partial charge in [0.25, 0.3) is 0 Å². The number of hydrogen-bond acceptors (Lipinski definition) is 2. The summed E-state index contributed by atoms with van der Waals surface area (Å²) in [6.07, 6.45) is 3.58. The van der Waals surface area contributed by atoms with E-state index in [1.807, 2.05) is 0 Å². The van der Waals surface area contributed by atoms with E-state index < -0.39 is 0 Å². The Morgan fingerprint density at radius 3 is 2.67 bits per heavy atom. The van der Waals surface area contributed by atoms with Crippen LogP contribution in [0.15, 0.2) is 0 Å². The molecule has 0 bridgehead atoms. The SMILES string of the molecule is CC1CCCC1C(=O)N1CC2CNCC2C1(C)C. The summed E-state index contributed by atoms with van der Waals surface area (Å²) in [5.74, 6) is 2.67. The zero-order chi connectivity index (χ0) is 12.9. The van der Waals surface area contributed by atoms with Crippen LogP contribution in [-0.4, -0.2) is 36.0 Å². The Kier molecular flexibility index (Phi) is 2.92. The first-order chi connectivity index (χ1) is 8.51. The van der Waals surface area contributed by atoms with Gasteiger partial charge in [-0.25, -0.2) is 0 Å². The molecule has 1 N–H and O–H groups in total. The molecule has 3 fully saturated rings. The van der Waals surface area contributed by atoms with Gasteiger partial charge in [0.15, 0.2) is 0 Å². The lowest BCUT2D eigenvalue weighted by molar-refractivity contribution is -0.140. The normalized spacial score (nSPS) is 42.3. The molecule has 1 aliphatic carbocycles. The summed E-state index contributed by atoms with van der Waals surface area (Å²) in [4.78, 5) is 15.0. The summed E-state index contributed by atoms with van der Waals surface area (Å²) in [6.45, 7) is 9.94. The first kappa shape index (κ1) is 12.5. The molecule has 4 unspecified atom stereocenters. The van der Waals surface area contributed by atoms with Crippen molar-refractivity contribution in [2.75, 3.05) is 19.6 Å². The second kappa shape index (κ2) is 4.22. The molecule has 0 radical (unpaired) electrons. The van der Waals surface area contributed by atoms with E-state index >= 15 is 0 Å². The first-order valence-electron chi connectivity index (χ1n) is 7.54. The highest BCUT2D eigenvalue weighted by molar-refractivity contribution is 5.80. The van der Waals surface area contributed by atoms with Crippen LogP contribution in [0.1, 0.15) is 40.0 Å². The quantitative estimate of drug-likeness (QED) is 0.770. The molecule has 0 aromatic carbocycles. The molecule has 3 aliphatic rings. The summed E-state index contributed by atoms with van der Waals surface area (Å²) in [7, 11) is 0. The van der Waals surface area contributed by atoms with E-state index in [2.05, 4.69) is 31.0 Å². The van der Waals surface area contributed by atoms with E-state index in [4.69, 9.17) is 0 Å². The number of likely N-dealkylation sites (tertiary alicyclic amines) is 1. The number of hydrogen-bond donors (Lipinski definition) is 1. The van der Waals surface area contributed by atoms with E-state index in [0.29, 0.717) is 29.6 Å². The van der Waals surface area contributed by atoms with Crippen LogP contribution in [0.2, 0.25) is 0 Å². The van der Waals surface area contributed by atoms with Crippen molar-refractivity contribution >= 4 is 5.91 Å². The third-order valence-electron chi connectivity index (χ3n) is 5.80. The van der Waals surface area contributed by atoms with Crippen molar-refractivity contribution in [3.8, 4) is 0 Å². The van der Waals surface area contributed by atoms with Crippen LogP contribution in [0.3, 0.4) is 0 Å². The number of nitrogens with one attached hydrogen (secondary N) is 1. The molecule has 3 heteroatoms. The topological polar surface area (TPSA) is 32.3 Å². The van der Waals surface area contributed by atoms with Gasteiger partial charge in [-0.2, -0.15) is 0 Å². The van der Waals surface area contributed by atoms with Crippen molar-refractivity contribution in [3.63, 3.8) is 0 Å². The second-order valence-corrected chi connectivity index (χ2v) is 7.14. The van der Waals surface area contributed by atoms with Crippen LogP contribution < -0.4 is 5.32 Å². The Morgan fingerprint density at radius 1 is 1.28 bits per heavy atom. The van der Waals surface area contributed by atoms with E-state index in [1.54, 1.807) is 0 Å². The van der Waals surface area contributed by atoms with Crippen molar-refractivity contribution < 1.29 is 4.79 Å². The van der Waals surface area contributed by atoms with Gasteiger partial charge in [-0.15, -0.1) is 0 Å². The van der Waals surface area contributed by atoms with Crippen molar-refractivity contribution in [2.45, 2.75) is 45.6 Å². The Balaban J connectivity index is 1.78. The molecule has 3 nitrogen and oxygen atoms in total. The fraction of sp³-hybridized carbons (Fsp3) is 0.933. The molecule has 2 aliphatic heterocycles. The van der Waals surface area contributed by atoms with Crippen molar-refractivity contribution in [1.82, 2.24) is 10.2 Å². The number of nitrogens with zero attached hydrogens (tertiary/aromatic N) is 1. The fourth-order valence-electron chi connectivity index (χ4n) is 4.51. The standard InChI is InChI=1S/C15H26N2O/c1-10-5-4-6-12(10)14(18)17-9-11-7-16-8-13(11)15(17,2)3/h10-13,16H,4-9H2,1-3H3. The van der Waals surface area contributed by atoms with Crippen LogP contribution in [-0.2, 0) is 4.79 Å². The fourth-order valence-corrected chi connectivity index (χ4v) is 4.51. The highest BCUT2D eigenvalue weighted by atomic mass is 16.2. The number of fused-ring (bicyclic) bond motifs is 1. The predicted octanol–water partition coefficient (Wildman–Crippen LogP) is 1.88. The Hall–Kier alpha value is -0.570. The van der Waals surface area contributed by atoms with Crippen LogP contribution >= 0.6 is 0 Å². The smallest absolute Gasteiger partial charge is 0.226 e. The number of rotatable bonds is 1. The Bertz CT molecular complexity index is 352. The molecule has 3 rings (SSSR count). The van der Waals surface area contributed by atoms with Gasteiger partial charge in [0.1, 0.15) is 0 Å². The average molecular weight is 250 g/mol. The summed E-state index contributed by atoms with van der Waals surface area (Å²) >= 11 is 0. The maximum atomic E-state index is 12.8. The summed E-state index contributed by atoms with van der Waals surface area (Å²) in [5, 5.41) is 3.48. The maximum Gasteiger partial charge on any atom is 0.226 e. The van der Waals surface area contributed by atoms with Gasteiger partial charge < -0.3 is 10.2 Å². The Labute approximate surface area is 110 Å². The highest BCUT2D eigenvalue weighted by Gasteiger charge is 2.52. The zero-order valence-electron chi connectivity index (χ0n) is 11.9. The van der Waals surface area contributed by atoms with Crippen molar-refractivity contribution in [1.29, 1.82) is 0 Å². The van der Waals surface area contributed by atoms with Gasteiger partial charge in [0, 0.05) is 31.1 Å². The molecule has 0 spiro atoms. The molecule has 2 saturated heterocycles. The van der Waals surface area contributed by atoms with Gasteiger partial charge >= 0.3 is 0 Å². The predicted molar refractivity (Wildman–Crippen MR) is 72.1 cm³/mol. The Morgan fingerprint density at radius 2 is 2.06 bits per heavy atom. The van der Waals surface area contributed by atoms with Crippen LogP contribution in [0.4, 0.5) is 0 Å². The monoisotopic (exact) mass is 250 g/mol. The summed E-state index contributed by atoms with van der Waals surface area (Å²) in [5.41, 5.74) is 0.0492. The molecule has 1 amide bonds. The summed E-state index contributed by atoms with van der Waals surface area (Å²) < 4.78 is 0. The molecule has 1 saturated carbocycles. The lowest BCUT2D eigenvalue weighted by Crippen LogP contribution is -2.50. The minimum Gasteiger partial charge on any atom is -0.337 e. The largest absolute Gasteiger partial charge is 0.337 e. The molecule has 102 valence electrons. The third kappa shape index (κ3) is 1.70. The van der Waals surface area contributed by atoms with Crippen LogP contribution in [0.25, 0.3) is 0 Å². The molecular formula is C15H26N2O. The molecule has 2 heterocycles. The van der Waals surface area contributed by atoms with Crippen molar-refractivity contribution in [2.24, 2.45) is 23.7 Å².